The minimum Gasteiger partial charge on any atom is -0.467 e. The van der Waals surface area contributed by atoms with Crippen LogP contribution in [0.1, 0.15) is 49.0 Å². The van der Waals surface area contributed by atoms with Crippen LogP contribution in [0.25, 0.3) is 0 Å². The zero-order chi connectivity index (χ0) is 23.5. The van der Waals surface area contributed by atoms with E-state index in [9.17, 15) is 19.5 Å². The number of rotatable bonds is 6. The summed E-state index contributed by atoms with van der Waals surface area (Å²) in [6.45, 7) is 6.02. The Morgan fingerprint density at radius 2 is 1.94 bits per heavy atom. The molecule has 2 amide bonds. The summed E-state index contributed by atoms with van der Waals surface area (Å²) >= 11 is 0. The SMILES string of the molecule is COC(=O)[C@@H](NC(=O)c1ccc(C2CC2CO)cc1)[C@H]1COCCN1C(=O)OC(C)(C)C. The average Bonchev–Trinajstić information content (AvgIpc) is 3.56. The van der Waals surface area contributed by atoms with Gasteiger partial charge in [-0.1, -0.05) is 12.1 Å². The summed E-state index contributed by atoms with van der Waals surface area (Å²) in [5.41, 5.74) is 0.744. The van der Waals surface area contributed by atoms with E-state index in [0.29, 0.717) is 18.1 Å². The molecule has 1 aliphatic heterocycles. The highest BCUT2D eigenvalue weighted by molar-refractivity contribution is 5.97. The van der Waals surface area contributed by atoms with Crippen molar-refractivity contribution in [3.63, 3.8) is 0 Å². The van der Waals surface area contributed by atoms with Crippen molar-refractivity contribution in [2.24, 2.45) is 5.92 Å². The molecule has 2 N–H and O–H groups in total. The molecule has 9 nitrogen and oxygen atoms in total. The Bertz CT molecular complexity index is 834. The summed E-state index contributed by atoms with van der Waals surface area (Å²) in [5.74, 6) is -0.538. The van der Waals surface area contributed by atoms with E-state index in [-0.39, 0.29) is 25.7 Å². The first-order chi connectivity index (χ1) is 15.1. The number of hydrogen-bond donors (Lipinski definition) is 2. The third kappa shape index (κ3) is 5.77. The monoisotopic (exact) mass is 448 g/mol. The van der Waals surface area contributed by atoms with Crippen LogP contribution in [0, 0.1) is 5.92 Å². The van der Waals surface area contributed by atoms with Gasteiger partial charge in [-0.3, -0.25) is 9.69 Å². The Morgan fingerprint density at radius 1 is 1.25 bits per heavy atom. The van der Waals surface area contributed by atoms with Gasteiger partial charge in [0.1, 0.15) is 5.60 Å². The molecule has 1 aromatic carbocycles. The number of aliphatic hydroxyl groups is 1. The molecular formula is C23H32N2O7. The van der Waals surface area contributed by atoms with Crippen LogP contribution in [-0.4, -0.2) is 79.1 Å². The van der Waals surface area contributed by atoms with E-state index in [1.807, 2.05) is 12.1 Å². The van der Waals surface area contributed by atoms with Crippen LogP contribution in [0.5, 0.6) is 0 Å². The second-order valence-electron chi connectivity index (χ2n) is 9.20. The van der Waals surface area contributed by atoms with Crippen molar-refractivity contribution in [2.45, 2.75) is 50.8 Å². The highest BCUT2D eigenvalue weighted by Crippen LogP contribution is 2.46. The molecule has 1 saturated carbocycles. The van der Waals surface area contributed by atoms with Crippen LogP contribution in [0.15, 0.2) is 24.3 Å². The number of hydrogen-bond acceptors (Lipinski definition) is 7. The van der Waals surface area contributed by atoms with E-state index in [1.54, 1.807) is 32.9 Å². The molecule has 0 spiro atoms. The largest absolute Gasteiger partial charge is 0.467 e. The van der Waals surface area contributed by atoms with Gasteiger partial charge in [0.05, 0.1) is 26.4 Å². The first-order valence-corrected chi connectivity index (χ1v) is 10.8. The number of morpholine rings is 1. The normalized spacial score (nSPS) is 23.8. The van der Waals surface area contributed by atoms with E-state index in [0.717, 1.165) is 12.0 Å². The molecule has 3 rings (SSSR count). The first-order valence-electron chi connectivity index (χ1n) is 10.8. The van der Waals surface area contributed by atoms with Crippen molar-refractivity contribution in [3.05, 3.63) is 35.4 Å². The van der Waals surface area contributed by atoms with Crippen molar-refractivity contribution in [1.29, 1.82) is 0 Å². The van der Waals surface area contributed by atoms with Gasteiger partial charge >= 0.3 is 12.1 Å². The van der Waals surface area contributed by atoms with Gasteiger partial charge in [-0.15, -0.1) is 0 Å². The van der Waals surface area contributed by atoms with Gasteiger partial charge in [0.25, 0.3) is 5.91 Å². The molecule has 0 radical (unpaired) electrons. The van der Waals surface area contributed by atoms with Gasteiger partial charge in [-0.25, -0.2) is 9.59 Å². The molecule has 0 bridgehead atoms. The summed E-state index contributed by atoms with van der Waals surface area (Å²) < 4.78 is 15.9. The number of nitrogens with zero attached hydrogens (tertiary/aromatic N) is 1. The minimum atomic E-state index is -1.12. The standard InChI is InChI=1S/C23H32N2O7/c1-23(2,3)32-22(29)25-9-10-31-13-18(25)19(21(28)30-4)24-20(27)15-7-5-14(6-8-15)17-11-16(17)12-26/h5-8,16-19,26H,9-13H2,1-4H3,(H,24,27)/t16?,17?,18-,19+/m1/s1. The average molecular weight is 449 g/mol. The summed E-state index contributed by atoms with van der Waals surface area (Å²) in [6.07, 6.45) is 0.357. The highest BCUT2D eigenvalue weighted by Gasteiger charge is 2.41. The van der Waals surface area contributed by atoms with Crippen LogP contribution in [0.3, 0.4) is 0 Å². The Balaban J connectivity index is 1.74. The van der Waals surface area contributed by atoms with E-state index in [4.69, 9.17) is 14.2 Å². The van der Waals surface area contributed by atoms with Crippen LogP contribution >= 0.6 is 0 Å². The lowest BCUT2D eigenvalue weighted by atomic mass is 10.0. The molecule has 1 saturated heterocycles. The summed E-state index contributed by atoms with van der Waals surface area (Å²) in [7, 11) is 1.23. The molecule has 4 atom stereocenters. The second kappa shape index (κ2) is 9.87. The molecule has 9 heteroatoms. The fraction of sp³-hybridized carbons (Fsp3) is 0.609. The van der Waals surface area contributed by atoms with E-state index < -0.39 is 35.7 Å². The maximum Gasteiger partial charge on any atom is 0.410 e. The predicted octanol–water partition coefficient (Wildman–Crippen LogP) is 1.69. The smallest absolute Gasteiger partial charge is 0.410 e. The zero-order valence-electron chi connectivity index (χ0n) is 19.0. The molecule has 176 valence electrons. The lowest BCUT2D eigenvalue weighted by Gasteiger charge is -2.39. The van der Waals surface area contributed by atoms with Crippen LogP contribution in [-0.2, 0) is 19.0 Å². The lowest BCUT2D eigenvalue weighted by molar-refractivity contribution is -0.146. The number of methoxy groups -OCH3 is 1. The molecule has 2 aliphatic rings. The van der Waals surface area contributed by atoms with E-state index in [2.05, 4.69) is 5.32 Å². The van der Waals surface area contributed by atoms with Crippen molar-refractivity contribution < 1.29 is 33.7 Å². The maximum absolute atomic E-state index is 12.9. The zero-order valence-corrected chi connectivity index (χ0v) is 19.0. The Labute approximate surface area is 188 Å². The van der Waals surface area contributed by atoms with E-state index in [1.165, 1.54) is 12.0 Å². The number of carbonyl (C=O) groups excluding carboxylic acids is 3. The number of nitrogens with one attached hydrogen (secondary N) is 1. The van der Waals surface area contributed by atoms with Gasteiger partial charge in [0.2, 0.25) is 0 Å². The van der Waals surface area contributed by atoms with Crippen molar-refractivity contribution in [3.8, 4) is 0 Å². The predicted molar refractivity (Wildman–Crippen MR) is 115 cm³/mol. The molecular weight excluding hydrogens is 416 g/mol. The number of aliphatic hydroxyl groups excluding tert-OH is 1. The number of esters is 1. The van der Waals surface area contributed by atoms with Gasteiger partial charge in [0, 0.05) is 18.7 Å². The van der Waals surface area contributed by atoms with E-state index >= 15 is 0 Å². The Kier molecular flexibility index (Phi) is 7.40. The Hall–Kier alpha value is -2.65. The first kappa shape index (κ1) is 24.0. The quantitative estimate of drug-likeness (QED) is 0.637. The molecule has 2 unspecified atom stereocenters. The summed E-state index contributed by atoms with van der Waals surface area (Å²) in [4.78, 5) is 39.6. The third-order valence-corrected chi connectivity index (χ3v) is 5.68. The Morgan fingerprint density at radius 3 is 2.50 bits per heavy atom. The molecule has 1 aliphatic carbocycles. The lowest BCUT2D eigenvalue weighted by Crippen LogP contribution is -2.62. The number of amides is 2. The van der Waals surface area contributed by atoms with Gasteiger partial charge in [0.15, 0.2) is 6.04 Å². The third-order valence-electron chi connectivity index (χ3n) is 5.68. The van der Waals surface area contributed by atoms with Crippen molar-refractivity contribution in [2.75, 3.05) is 33.5 Å². The topological polar surface area (TPSA) is 114 Å². The van der Waals surface area contributed by atoms with Crippen molar-refractivity contribution in [1.82, 2.24) is 10.2 Å². The minimum absolute atomic E-state index is 0.0580. The van der Waals surface area contributed by atoms with Gasteiger partial charge < -0.3 is 24.6 Å². The number of ether oxygens (including phenoxy) is 3. The number of benzene rings is 1. The van der Waals surface area contributed by atoms with Crippen molar-refractivity contribution >= 4 is 18.0 Å². The van der Waals surface area contributed by atoms with Crippen LogP contribution in [0.4, 0.5) is 4.79 Å². The second-order valence-corrected chi connectivity index (χ2v) is 9.20. The molecule has 32 heavy (non-hydrogen) atoms. The van der Waals surface area contributed by atoms with Crippen LogP contribution < -0.4 is 5.32 Å². The molecule has 1 heterocycles. The molecule has 0 aromatic heterocycles. The fourth-order valence-corrected chi connectivity index (χ4v) is 3.85. The van der Waals surface area contributed by atoms with Crippen LogP contribution in [0.2, 0.25) is 0 Å². The molecule has 1 aromatic rings. The fourth-order valence-electron chi connectivity index (χ4n) is 3.85. The number of carbonyl (C=O) groups is 3. The molecule has 2 fully saturated rings. The summed E-state index contributed by atoms with van der Waals surface area (Å²) in [6, 6.07) is 5.20. The maximum atomic E-state index is 12.9. The highest BCUT2D eigenvalue weighted by atomic mass is 16.6. The summed E-state index contributed by atoms with van der Waals surface area (Å²) in [5, 5.41) is 11.9. The van der Waals surface area contributed by atoms with Gasteiger partial charge in [-0.2, -0.15) is 0 Å². The van der Waals surface area contributed by atoms with Gasteiger partial charge in [-0.05, 0) is 56.7 Å².